The Balaban J connectivity index is 1.42. The number of aryl methyl sites for hydroxylation is 2. The highest BCUT2D eigenvalue weighted by atomic mass is 16.4. The minimum absolute atomic E-state index is 0.0297. The maximum absolute atomic E-state index is 12.7. The molecule has 6 nitrogen and oxygen atoms in total. The van der Waals surface area contributed by atoms with Crippen molar-refractivity contribution < 1.29 is 14.7 Å². The second kappa shape index (κ2) is 11.0. The lowest BCUT2D eigenvalue weighted by atomic mass is 9.86. The van der Waals surface area contributed by atoms with Crippen molar-refractivity contribution in [2.75, 3.05) is 0 Å². The summed E-state index contributed by atoms with van der Waals surface area (Å²) in [6.07, 6.45) is 3.78. The van der Waals surface area contributed by atoms with Gasteiger partial charge in [0, 0.05) is 35.5 Å². The quantitative estimate of drug-likeness (QED) is 0.313. The summed E-state index contributed by atoms with van der Waals surface area (Å²) < 4.78 is 0. The summed E-state index contributed by atoms with van der Waals surface area (Å²) in [4.78, 5) is 33.7. The van der Waals surface area contributed by atoms with Crippen LogP contribution in [0.2, 0.25) is 0 Å². The molecule has 4 rings (SSSR count). The fraction of sp³-hybridized carbons (Fsp3) is 0.250. The first-order chi connectivity index (χ1) is 18.0. The summed E-state index contributed by atoms with van der Waals surface area (Å²) >= 11 is 0. The van der Waals surface area contributed by atoms with E-state index in [1.165, 1.54) is 11.1 Å². The van der Waals surface area contributed by atoms with Crippen molar-refractivity contribution >= 4 is 11.9 Å². The van der Waals surface area contributed by atoms with E-state index in [4.69, 9.17) is 0 Å². The van der Waals surface area contributed by atoms with Crippen LogP contribution in [0.1, 0.15) is 53.4 Å². The fourth-order valence-corrected chi connectivity index (χ4v) is 4.14. The molecule has 0 radical (unpaired) electrons. The number of carbonyl (C=O) groups excluding carboxylic acids is 1. The van der Waals surface area contributed by atoms with E-state index < -0.39 is 17.9 Å². The molecule has 0 aliphatic rings. The molecular weight excluding hydrogens is 474 g/mol. The molecule has 2 N–H and O–H groups in total. The first kappa shape index (κ1) is 26.7. The normalized spacial score (nSPS) is 12.1. The number of rotatable bonds is 7. The second-order valence-electron chi connectivity index (χ2n) is 10.7. The number of hydrogen-bond donors (Lipinski definition) is 2. The van der Waals surface area contributed by atoms with Gasteiger partial charge < -0.3 is 10.4 Å². The number of carboxylic acid groups (broad SMARTS) is 1. The highest BCUT2D eigenvalue weighted by molar-refractivity contribution is 5.96. The van der Waals surface area contributed by atoms with E-state index in [9.17, 15) is 14.7 Å². The topological polar surface area (TPSA) is 92.2 Å². The summed E-state index contributed by atoms with van der Waals surface area (Å²) in [5.74, 6) is -0.906. The van der Waals surface area contributed by atoms with Crippen LogP contribution in [0.5, 0.6) is 0 Å². The molecule has 1 aromatic heterocycles. The Morgan fingerprint density at radius 3 is 1.97 bits per heavy atom. The summed E-state index contributed by atoms with van der Waals surface area (Å²) in [6, 6.07) is 19.9. The van der Waals surface area contributed by atoms with Crippen LogP contribution in [0, 0.1) is 13.8 Å². The third-order valence-corrected chi connectivity index (χ3v) is 6.76. The third kappa shape index (κ3) is 6.32. The van der Waals surface area contributed by atoms with Crippen molar-refractivity contribution in [3.63, 3.8) is 0 Å². The van der Waals surface area contributed by atoms with Gasteiger partial charge in [-0.2, -0.15) is 0 Å². The van der Waals surface area contributed by atoms with E-state index in [1.54, 1.807) is 12.1 Å². The number of amides is 1. The Morgan fingerprint density at radius 2 is 1.42 bits per heavy atom. The van der Waals surface area contributed by atoms with Gasteiger partial charge in [0.05, 0.1) is 0 Å². The molecule has 0 fully saturated rings. The lowest BCUT2D eigenvalue weighted by molar-refractivity contribution is -0.139. The average Bonchev–Trinajstić information content (AvgIpc) is 2.90. The first-order valence-corrected chi connectivity index (χ1v) is 12.6. The number of carboxylic acids is 1. The van der Waals surface area contributed by atoms with Gasteiger partial charge in [-0.25, -0.2) is 14.8 Å². The largest absolute Gasteiger partial charge is 0.480 e. The molecule has 0 aliphatic carbocycles. The Labute approximate surface area is 223 Å². The Kier molecular flexibility index (Phi) is 7.72. The van der Waals surface area contributed by atoms with E-state index in [-0.39, 0.29) is 11.8 Å². The van der Waals surface area contributed by atoms with Crippen LogP contribution in [-0.2, 0) is 16.6 Å². The van der Waals surface area contributed by atoms with Crippen molar-refractivity contribution in [2.45, 2.75) is 52.5 Å². The monoisotopic (exact) mass is 507 g/mol. The summed E-state index contributed by atoms with van der Waals surface area (Å²) in [5.41, 5.74) is 7.60. The molecular formula is C32H33N3O3. The molecule has 6 heteroatoms. The standard InChI is InChI=1S/C32H33N3O3/c1-20-6-9-25(16-21(20)2)26-18-33-29(34-19-26)23-10-7-22(8-11-23)17-28(31(37)38)35-30(36)24-12-14-27(15-13-24)32(3,4)5/h6-16,18-19,28H,17H2,1-5H3,(H,35,36)(H,37,38)/t28-/m0/s1. The number of aromatic nitrogens is 2. The molecule has 38 heavy (non-hydrogen) atoms. The molecule has 0 aliphatic heterocycles. The van der Waals surface area contributed by atoms with Gasteiger partial charge in [-0.15, -0.1) is 0 Å². The van der Waals surface area contributed by atoms with Crippen LogP contribution < -0.4 is 5.32 Å². The molecule has 0 bridgehead atoms. The van der Waals surface area contributed by atoms with Crippen LogP contribution >= 0.6 is 0 Å². The zero-order valence-corrected chi connectivity index (χ0v) is 22.4. The van der Waals surface area contributed by atoms with Crippen LogP contribution in [0.4, 0.5) is 0 Å². The number of benzene rings is 3. The maximum Gasteiger partial charge on any atom is 0.326 e. The van der Waals surface area contributed by atoms with Crippen LogP contribution in [0.15, 0.2) is 79.1 Å². The Hall–Kier alpha value is -4.32. The predicted molar refractivity (Wildman–Crippen MR) is 150 cm³/mol. The maximum atomic E-state index is 12.7. The fourth-order valence-electron chi connectivity index (χ4n) is 4.14. The zero-order chi connectivity index (χ0) is 27.4. The molecule has 0 unspecified atom stereocenters. The van der Waals surface area contributed by atoms with Crippen molar-refractivity contribution in [1.82, 2.24) is 15.3 Å². The first-order valence-electron chi connectivity index (χ1n) is 12.6. The minimum atomic E-state index is -1.08. The lowest BCUT2D eigenvalue weighted by Gasteiger charge is -2.19. The molecule has 1 heterocycles. The minimum Gasteiger partial charge on any atom is -0.480 e. The Bertz CT molecular complexity index is 1440. The van der Waals surface area contributed by atoms with Gasteiger partial charge in [-0.3, -0.25) is 4.79 Å². The second-order valence-corrected chi connectivity index (χ2v) is 10.7. The lowest BCUT2D eigenvalue weighted by Crippen LogP contribution is -2.42. The third-order valence-electron chi connectivity index (χ3n) is 6.76. The number of hydrogen-bond acceptors (Lipinski definition) is 4. The van der Waals surface area contributed by atoms with Crippen LogP contribution in [0.3, 0.4) is 0 Å². The van der Waals surface area contributed by atoms with Gasteiger partial charge in [-0.1, -0.05) is 75.4 Å². The molecule has 4 aromatic rings. The Morgan fingerprint density at radius 1 is 0.816 bits per heavy atom. The smallest absolute Gasteiger partial charge is 0.326 e. The summed E-state index contributed by atoms with van der Waals surface area (Å²) in [7, 11) is 0. The predicted octanol–water partition coefficient (Wildman–Crippen LogP) is 6.15. The van der Waals surface area contributed by atoms with Gasteiger partial charge in [-0.05, 0) is 59.2 Å². The van der Waals surface area contributed by atoms with Crippen molar-refractivity contribution in [3.8, 4) is 22.5 Å². The molecule has 3 aromatic carbocycles. The van der Waals surface area contributed by atoms with E-state index in [0.29, 0.717) is 11.4 Å². The van der Waals surface area contributed by atoms with Gasteiger partial charge in [0.15, 0.2) is 5.82 Å². The molecule has 0 saturated carbocycles. The van der Waals surface area contributed by atoms with E-state index in [2.05, 4.69) is 68.1 Å². The van der Waals surface area contributed by atoms with E-state index in [1.807, 2.05) is 48.8 Å². The highest BCUT2D eigenvalue weighted by Crippen LogP contribution is 2.24. The number of carbonyl (C=O) groups is 2. The van der Waals surface area contributed by atoms with Gasteiger partial charge >= 0.3 is 5.97 Å². The summed E-state index contributed by atoms with van der Waals surface area (Å²) in [6.45, 7) is 10.5. The number of nitrogens with zero attached hydrogens (tertiary/aromatic N) is 2. The van der Waals surface area contributed by atoms with E-state index >= 15 is 0 Å². The molecule has 194 valence electrons. The van der Waals surface area contributed by atoms with Crippen molar-refractivity contribution in [2.24, 2.45) is 0 Å². The number of nitrogens with one attached hydrogen (secondary N) is 1. The van der Waals surface area contributed by atoms with Crippen molar-refractivity contribution in [3.05, 3.63) is 107 Å². The summed E-state index contributed by atoms with van der Waals surface area (Å²) in [5, 5.41) is 12.4. The van der Waals surface area contributed by atoms with Crippen LogP contribution in [-0.4, -0.2) is 33.0 Å². The molecule has 1 amide bonds. The van der Waals surface area contributed by atoms with E-state index in [0.717, 1.165) is 27.8 Å². The molecule has 0 saturated heterocycles. The average molecular weight is 508 g/mol. The van der Waals surface area contributed by atoms with Gasteiger partial charge in [0.25, 0.3) is 5.91 Å². The van der Waals surface area contributed by atoms with Crippen molar-refractivity contribution in [1.29, 1.82) is 0 Å². The SMILES string of the molecule is Cc1ccc(-c2cnc(-c3ccc(C[C@H](NC(=O)c4ccc(C(C)(C)C)cc4)C(=O)O)cc3)nc2)cc1C. The number of aliphatic carboxylic acids is 1. The van der Waals surface area contributed by atoms with Gasteiger partial charge in [0.2, 0.25) is 0 Å². The molecule has 1 atom stereocenters. The van der Waals surface area contributed by atoms with Gasteiger partial charge in [0.1, 0.15) is 6.04 Å². The highest BCUT2D eigenvalue weighted by Gasteiger charge is 2.22. The molecule has 0 spiro atoms. The zero-order valence-electron chi connectivity index (χ0n) is 22.4. The van der Waals surface area contributed by atoms with Crippen LogP contribution in [0.25, 0.3) is 22.5 Å².